The Labute approximate surface area is 227 Å². The molecule has 1 fully saturated rings. The highest BCUT2D eigenvalue weighted by Gasteiger charge is 2.31. The number of fused-ring (bicyclic) bond motifs is 1. The van der Waals surface area contributed by atoms with E-state index in [4.69, 9.17) is 20.0 Å². The maximum absolute atomic E-state index is 13.5. The molecule has 2 heterocycles. The summed E-state index contributed by atoms with van der Waals surface area (Å²) in [6, 6.07) is 8.98. The smallest absolute Gasteiger partial charge is 0.329 e. The number of carboxylic acids is 1. The van der Waals surface area contributed by atoms with Crippen molar-refractivity contribution >= 4 is 40.3 Å². The van der Waals surface area contributed by atoms with Crippen molar-refractivity contribution in [1.29, 1.82) is 5.41 Å². The topological polar surface area (TPSA) is 123 Å². The number of amidine groups is 1. The lowest BCUT2D eigenvalue weighted by molar-refractivity contribution is -0.143. The number of Topliss-reactive ketones (excluding diaryl/α,β-unsaturated/α-hetero) is 1. The lowest BCUT2D eigenvalue weighted by Crippen LogP contribution is -2.31. The number of carboxylic acid groups (broad SMARTS) is 1. The van der Waals surface area contributed by atoms with Crippen LogP contribution in [0.15, 0.2) is 30.3 Å². The number of carbonyl (C=O) groups excluding carboxylic acids is 1. The number of hydrogen-bond donors (Lipinski definition) is 3. The predicted octanol–water partition coefficient (Wildman–Crippen LogP) is 3.98. The van der Waals surface area contributed by atoms with Gasteiger partial charge in [-0.1, -0.05) is 20.8 Å². The van der Waals surface area contributed by atoms with E-state index < -0.39 is 11.4 Å². The van der Waals surface area contributed by atoms with E-state index in [-0.39, 0.29) is 47.8 Å². The van der Waals surface area contributed by atoms with Crippen LogP contribution in [0, 0.1) is 5.41 Å². The Morgan fingerprint density at radius 1 is 1.19 bits per heavy atom. The van der Waals surface area contributed by atoms with Gasteiger partial charge in [-0.25, -0.2) is 4.79 Å². The standard InChI is InChI=1S/C27H33N3O6.BrH/c1-27(2,3)21-10-16(11-22(25(21)34)29-8-7-19(13-29)36-15-24(32)33)23(31)14-30-12-17-9-18(35-4)5-6-20(17)26(30)28;/h5-6,9-11,19,28,34H,7-8,12-15H2,1-4H3,(H,32,33);1H. The van der Waals surface area contributed by atoms with Crippen LogP contribution in [0.3, 0.4) is 0 Å². The molecule has 1 saturated heterocycles. The number of anilines is 1. The van der Waals surface area contributed by atoms with Gasteiger partial charge in [-0.3, -0.25) is 10.2 Å². The summed E-state index contributed by atoms with van der Waals surface area (Å²) in [5.74, 6) is -0.0412. The van der Waals surface area contributed by atoms with Gasteiger partial charge in [0.1, 0.15) is 23.9 Å². The number of nitrogens with zero attached hydrogens (tertiary/aromatic N) is 2. The van der Waals surface area contributed by atoms with E-state index in [1.807, 2.05) is 43.9 Å². The van der Waals surface area contributed by atoms with E-state index in [1.54, 1.807) is 24.1 Å². The van der Waals surface area contributed by atoms with Crippen LogP contribution in [0.25, 0.3) is 0 Å². The zero-order valence-electron chi connectivity index (χ0n) is 21.5. The molecular weight excluding hydrogens is 542 g/mol. The molecule has 9 nitrogen and oxygen atoms in total. The van der Waals surface area contributed by atoms with Gasteiger partial charge in [0.05, 0.1) is 25.4 Å². The fraction of sp³-hybridized carbons (Fsp3) is 0.444. The van der Waals surface area contributed by atoms with Crippen molar-refractivity contribution in [2.45, 2.75) is 45.3 Å². The van der Waals surface area contributed by atoms with Crippen LogP contribution in [-0.2, 0) is 21.5 Å². The number of benzene rings is 2. The predicted molar refractivity (Wildman–Crippen MR) is 146 cm³/mol. The number of rotatable bonds is 8. The minimum absolute atomic E-state index is 0. The van der Waals surface area contributed by atoms with Crippen molar-refractivity contribution in [2.75, 3.05) is 38.3 Å². The molecule has 0 spiro atoms. The summed E-state index contributed by atoms with van der Waals surface area (Å²) < 4.78 is 10.7. The van der Waals surface area contributed by atoms with Crippen molar-refractivity contribution in [2.24, 2.45) is 0 Å². The van der Waals surface area contributed by atoms with E-state index in [0.717, 1.165) is 11.1 Å². The van der Waals surface area contributed by atoms with Gasteiger partial charge >= 0.3 is 5.97 Å². The van der Waals surface area contributed by atoms with Crippen LogP contribution >= 0.6 is 17.0 Å². The number of aliphatic carboxylic acids is 1. The van der Waals surface area contributed by atoms with Crippen molar-refractivity contribution in [3.05, 3.63) is 52.6 Å². The fourth-order valence-corrected chi connectivity index (χ4v) is 4.78. The maximum Gasteiger partial charge on any atom is 0.329 e. The van der Waals surface area contributed by atoms with Gasteiger partial charge in [0.2, 0.25) is 0 Å². The molecule has 0 radical (unpaired) electrons. The van der Waals surface area contributed by atoms with Crippen LogP contribution < -0.4 is 9.64 Å². The number of aromatic hydroxyl groups is 1. The third-order valence-corrected chi connectivity index (χ3v) is 6.73. The molecule has 2 aliphatic heterocycles. The van der Waals surface area contributed by atoms with Crippen molar-refractivity contribution in [3.63, 3.8) is 0 Å². The molecule has 1 unspecified atom stereocenters. The number of halogens is 1. The molecule has 0 saturated carbocycles. The minimum atomic E-state index is -1.02. The zero-order chi connectivity index (χ0) is 26.2. The third-order valence-electron chi connectivity index (χ3n) is 6.73. The van der Waals surface area contributed by atoms with Gasteiger partial charge in [0.15, 0.2) is 5.78 Å². The van der Waals surface area contributed by atoms with Crippen LogP contribution in [0.5, 0.6) is 11.5 Å². The normalized spacial score (nSPS) is 17.0. The molecular formula is C27H34BrN3O6. The summed E-state index contributed by atoms with van der Waals surface area (Å²) >= 11 is 0. The molecule has 4 rings (SSSR count). The van der Waals surface area contributed by atoms with Gasteiger partial charge in [-0.15, -0.1) is 17.0 Å². The number of hydrogen-bond acceptors (Lipinski definition) is 7. The summed E-state index contributed by atoms with van der Waals surface area (Å²) in [5.41, 5.74) is 2.97. The number of ketones is 1. The summed E-state index contributed by atoms with van der Waals surface area (Å²) in [7, 11) is 1.60. The highest BCUT2D eigenvalue weighted by Crippen LogP contribution is 2.41. The van der Waals surface area contributed by atoms with Crippen LogP contribution in [0.1, 0.15) is 54.2 Å². The second kappa shape index (κ2) is 11.1. The van der Waals surface area contributed by atoms with E-state index in [1.165, 1.54) is 0 Å². The van der Waals surface area contributed by atoms with Gasteiger partial charge in [0, 0.05) is 36.3 Å². The number of carbonyl (C=O) groups is 2. The Morgan fingerprint density at radius 2 is 1.92 bits per heavy atom. The Hall–Kier alpha value is -3.11. The first-order chi connectivity index (χ1) is 17.0. The Bertz CT molecular complexity index is 1210. The van der Waals surface area contributed by atoms with E-state index in [0.29, 0.717) is 54.5 Å². The molecule has 37 heavy (non-hydrogen) atoms. The Morgan fingerprint density at radius 3 is 2.57 bits per heavy atom. The summed E-state index contributed by atoms with van der Waals surface area (Å²) in [6.07, 6.45) is 0.362. The molecule has 0 bridgehead atoms. The number of phenolic OH excluding ortho intramolecular Hbond substituents is 1. The van der Waals surface area contributed by atoms with Crippen LogP contribution in [0.4, 0.5) is 5.69 Å². The van der Waals surface area contributed by atoms with Gasteiger partial charge in [-0.05, 0) is 47.7 Å². The molecule has 2 aromatic carbocycles. The highest BCUT2D eigenvalue weighted by molar-refractivity contribution is 8.93. The zero-order valence-corrected chi connectivity index (χ0v) is 23.2. The maximum atomic E-state index is 13.5. The second-order valence-electron chi connectivity index (χ2n) is 10.4. The van der Waals surface area contributed by atoms with Crippen molar-refractivity contribution in [1.82, 2.24) is 4.90 Å². The molecule has 0 aromatic heterocycles. The summed E-state index contributed by atoms with van der Waals surface area (Å²) in [6.45, 7) is 7.04. The number of phenols is 1. The summed E-state index contributed by atoms with van der Waals surface area (Å²) in [4.78, 5) is 28.0. The molecule has 0 aliphatic carbocycles. The van der Waals surface area contributed by atoms with E-state index >= 15 is 0 Å². The molecule has 3 N–H and O–H groups in total. The van der Waals surface area contributed by atoms with Gasteiger partial charge < -0.3 is 29.5 Å². The largest absolute Gasteiger partial charge is 0.505 e. The first kappa shape index (κ1) is 28.5. The molecule has 2 aliphatic rings. The van der Waals surface area contributed by atoms with Gasteiger partial charge in [0.25, 0.3) is 0 Å². The Balaban J connectivity index is 0.00000380. The molecule has 0 amide bonds. The van der Waals surface area contributed by atoms with Crippen molar-refractivity contribution < 1.29 is 29.3 Å². The van der Waals surface area contributed by atoms with Crippen molar-refractivity contribution in [3.8, 4) is 11.5 Å². The molecule has 200 valence electrons. The van der Waals surface area contributed by atoms with E-state index in [2.05, 4.69) is 0 Å². The average molecular weight is 576 g/mol. The first-order valence-electron chi connectivity index (χ1n) is 12.0. The fourth-order valence-electron chi connectivity index (χ4n) is 4.78. The number of nitrogens with one attached hydrogen (secondary N) is 1. The number of methoxy groups -OCH3 is 1. The summed E-state index contributed by atoms with van der Waals surface area (Å²) in [5, 5.41) is 28.6. The first-order valence-corrected chi connectivity index (χ1v) is 12.0. The third kappa shape index (κ3) is 6.07. The van der Waals surface area contributed by atoms with Crippen LogP contribution in [-0.4, -0.2) is 72.2 Å². The lowest BCUT2D eigenvalue weighted by atomic mass is 9.84. The average Bonchev–Trinajstić information content (AvgIpc) is 3.41. The SMILES string of the molecule is Br.COc1ccc2c(c1)CN(CC(=O)c1cc(N3CCC(OCC(=O)O)C3)c(O)c(C(C)(C)C)c1)C2=N. The quantitative estimate of drug-likeness (QED) is 0.404. The van der Waals surface area contributed by atoms with Crippen LogP contribution in [0.2, 0.25) is 0 Å². The van der Waals surface area contributed by atoms with Gasteiger partial charge in [-0.2, -0.15) is 0 Å². The number of ether oxygens (including phenoxy) is 2. The Kier molecular flexibility index (Phi) is 8.54. The van der Waals surface area contributed by atoms with E-state index in [9.17, 15) is 14.7 Å². The molecule has 10 heteroatoms. The monoisotopic (exact) mass is 575 g/mol. The molecule has 2 aromatic rings. The minimum Gasteiger partial charge on any atom is -0.505 e. The highest BCUT2D eigenvalue weighted by atomic mass is 79.9. The second-order valence-corrected chi connectivity index (χ2v) is 10.4. The lowest BCUT2D eigenvalue weighted by Gasteiger charge is -2.27. The molecule has 1 atom stereocenters.